The molecule has 0 amide bonds. The molecule has 0 aliphatic heterocycles. The average molecular weight is 330 g/mol. The molecule has 2 rings (SSSR count). The van der Waals surface area contributed by atoms with Crippen LogP contribution >= 0.6 is 0 Å². The molecule has 0 unspecified atom stereocenters. The van der Waals surface area contributed by atoms with Crippen molar-refractivity contribution in [2.75, 3.05) is 6.61 Å². The van der Waals surface area contributed by atoms with Crippen LogP contribution in [0.4, 0.5) is 0 Å². The van der Waals surface area contributed by atoms with E-state index in [9.17, 15) is 4.79 Å². The molecule has 1 saturated carbocycles. The van der Waals surface area contributed by atoms with Crippen molar-refractivity contribution in [3.63, 3.8) is 0 Å². The normalized spacial score (nSPS) is 16.2. The molecular formula is C21H30O3. The van der Waals surface area contributed by atoms with Gasteiger partial charge >= 0.3 is 5.97 Å². The molecule has 3 nitrogen and oxygen atoms in total. The summed E-state index contributed by atoms with van der Waals surface area (Å²) in [5, 5.41) is 8.85. The van der Waals surface area contributed by atoms with Gasteiger partial charge in [-0.1, -0.05) is 55.3 Å². The highest BCUT2D eigenvalue weighted by molar-refractivity contribution is 5.66. The predicted octanol–water partition coefficient (Wildman–Crippen LogP) is 5.35. The lowest BCUT2D eigenvalue weighted by atomic mass is 9.66. The summed E-state index contributed by atoms with van der Waals surface area (Å²) in [4.78, 5) is 10.7. The molecule has 0 spiro atoms. The average Bonchev–Trinajstić information content (AvgIpc) is 2.55. The number of hydrogen-bond acceptors (Lipinski definition) is 2. The first-order valence-electron chi connectivity index (χ1n) is 9.21. The summed E-state index contributed by atoms with van der Waals surface area (Å²) in [6, 6.07) is 10.3. The molecule has 1 aliphatic carbocycles. The molecule has 1 aromatic rings. The van der Waals surface area contributed by atoms with E-state index >= 15 is 0 Å². The highest BCUT2D eigenvalue weighted by atomic mass is 16.5. The maximum absolute atomic E-state index is 10.7. The maximum atomic E-state index is 10.7. The largest absolute Gasteiger partial charge is 0.481 e. The lowest BCUT2D eigenvalue weighted by Gasteiger charge is -2.39. The van der Waals surface area contributed by atoms with E-state index in [-0.39, 0.29) is 5.41 Å². The first-order chi connectivity index (χ1) is 11.7. The number of carboxylic acids is 1. The minimum absolute atomic E-state index is 0.192. The fourth-order valence-electron chi connectivity index (χ4n) is 3.23. The van der Waals surface area contributed by atoms with Gasteiger partial charge in [-0.2, -0.15) is 0 Å². The van der Waals surface area contributed by atoms with E-state index in [1.54, 1.807) is 0 Å². The zero-order valence-corrected chi connectivity index (χ0v) is 14.6. The molecule has 0 aromatic heterocycles. The summed E-state index contributed by atoms with van der Waals surface area (Å²) in [5.41, 5.74) is 1.42. The van der Waals surface area contributed by atoms with Gasteiger partial charge in [-0.3, -0.25) is 4.79 Å². The minimum atomic E-state index is -0.676. The summed E-state index contributed by atoms with van der Waals surface area (Å²) in [7, 11) is 0. The molecule has 1 aliphatic rings. The molecule has 0 bridgehead atoms. The monoisotopic (exact) mass is 330 g/mol. The van der Waals surface area contributed by atoms with E-state index in [4.69, 9.17) is 9.84 Å². The van der Waals surface area contributed by atoms with Crippen molar-refractivity contribution in [1.82, 2.24) is 0 Å². The van der Waals surface area contributed by atoms with Crippen molar-refractivity contribution >= 4 is 5.97 Å². The van der Waals surface area contributed by atoms with Gasteiger partial charge in [-0.05, 0) is 49.5 Å². The molecule has 3 heteroatoms. The van der Waals surface area contributed by atoms with Crippen molar-refractivity contribution in [3.05, 3.63) is 48.0 Å². The number of rotatable bonds is 12. The quantitative estimate of drug-likeness (QED) is 0.415. The van der Waals surface area contributed by atoms with Crippen molar-refractivity contribution in [1.29, 1.82) is 0 Å². The number of benzene rings is 1. The smallest absolute Gasteiger partial charge is 0.303 e. The lowest BCUT2D eigenvalue weighted by Crippen LogP contribution is -2.27. The third-order valence-electron chi connectivity index (χ3n) is 4.93. The Kier molecular flexibility index (Phi) is 8.03. The molecule has 1 aromatic carbocycles. The number of ether oxygens (including phenoxy) is 1. The number of aliphatic carboxylic acids is 1. The van der Waals surface area contributed by atoms with Gasteiger partial charge in [0.15, 0.2) is 0 Å². The fraction of sp³-hybridized carbons (Fsp3) is 0.571. The number of hydrogen-bond donors (Lipinski definition) is 1. The van der Waals surface area contributed by atoms with Gasteiger partial charge in [0.1, 0.15) is 0 Å². The van der Waals surface area contributed by atoms with Crippen LogP contribution in [0.25, 0.3) is 0 Å². The van der Waals surface area contributed by atoms with Crippen LogP contribution in [0.2, 0.25) is 0 Å². The van der Waals surface area contributed by atoms with E-state index in [0.29, 0.717) is 13.0 Å². The van der Waals surface area contributed by atoms with Crippen molar-refractivity contribution in [2.45, 2.75) is 64.4 Å². The Morgan fingerprint density at radius 1 is 1.17 bits per heavy atom. The Morgan fingerprint density at radius 3 is 2.62 bits per heavy atom. The van der Waals surface area contributed by atoms with Gasteiger partial charge in [-0.25, -0.2) is 0 Å². The van der Waals surface area contributed by atoms with Crippen molar-refractivity contribution in [2.24, 2.45) is 5.41 Å². The van der Waals surface area contributed by atoms with E-state index in [2.05, 4.69) is 24.3 Å². The third-order valence-corrected chi connectivity index (χ3v) is 4.93. The zero-order chi connectivity index (χ0) is 17.1. The van der Waals surface area contributed by atoms with Crippen LogP contribution in [0.1, 0.15) is 63.4 Å². The first kappa shape index (κ1) is 18.7. The van der Waals surface area contributed by atoms with Gasteiger partial charge in [0.25, 0.3) is 0 Å². The number of carboxylic acid groups (broad SMARTS) is 1. The van der Waals surface area contributed by atoms with Crippen LogP contribution in [0.3, 0.4) is 0 Å². The molecular weight excluding hydrogens is 300 g/mol. The highest BCUT2D eigenvalue weighted by Gasteiger charge is 2.34. The summed E-state index contributed by atoms with van der Waals surface area (Å²) in [6.45, 7) is 1.52. The predicted molar refractivity (Wildman–Crippen MR) is 96.9 cm³/mol. The fourth-order valence-corrected chi connectivity index (χ4v) is 3.23. The number of allylic oxidation sites excluding steroid dienone is 2. The second-order valence-electron chi connectivity index (χ2n) is 6.90. The molecule has 1 fully saturated rings. The van der Waals surface area contributed by atoms with Crippen molar-refractivity contribution < 1.29 is 14.6 Å². The number of unbranched alkanes of at least 4 members (excludes halogenated alkanes) is 3. The molecule has 132 valence electrons. The Hall–Kier alpha value is -1.61. The first-order valence-corrected chi connectivity index (χ1v) is 9.21. The van der Waals surface area contributed by atoms with Crippen molar-refractivity contribution in [3.8, 4) is 0 Å². The van der Waals surface area contributed by atoms with Crippen LogP contribution in [0, 0.1) is 5.41 Å². The molecule has 24 heavy (non-hydrogen) atoms. The molecule has 0 heterocycles. The highest BCUT2D eigenvalue weighted by Crippen LogP contribution is 2.46. The lowest BCUT2D eigenvalue weighted by molar-refractivity contribution is -0.137. The van der Waals surface area contributed by atoms with Crippen LogP contribution in [-0.2, 0) is 16.1 Å². The summed E-state index contributed by atoms with van der Waals surface area (Å²) in [5.74, 6) is -0.676. The van der Waals surface area contributed by atoms with Gasteiger partial charge in [0.2, 0.25) is 0 Å². The second-order valence-corrected chi connectivity index (χ2v) is 6.90. The molecule has 1 N–H and O–H groups in total. The standard InChI is InChI=1S/C21H30O3/c22-20(23)12-16-21(14-9-15-21)13-7-2-1-3-8-17-24-18-19-10-5-4-6-11-19/h4-7,10-11,13H,1-3,8-9,12,14-18H2,(H,22,23)/b13-7+. The Morgan fingerprint density at radius 2 is 1.96 bits per heavy atom. The minimum Gasteiger partial charge on any atom is -0.481 e. The van der Waals surface area contributed by atoms with Crippen LogP contribution in [0.5, 0.6) is 0 Å². The number of carbonyl (C=O) groups is 1. The van der Waals surface area contributed by atoms with Gasteiger partial charge in [0, 0.05) is 13.0 Å². The van der Waals surface area contributed by atoms with Gasteiger partial charge < -0.3 is 9.84 Å². The Balaban J connectivity index is 1.49. The summed E-state index contributed by atoms with van der Waals surface area (Å²) >= 11 is 0. The van der Waals surface area contributed by atoms with E-state index in [1.807, 2.05) is 18.2 Å². The Labute approximate surface area is 145 Å². The summed E-state index contributed by atoms with van der Waals surface area (Å²) in [6.07, 6.45) is 13.8. The van der Waals surface area contributed by atoms with Gasteiger partial charge in [-0.15, -0.1) is 0 Å². The van der Waals surface area contributed by atoms with E-state index in [1.165, 1.54) is 24.8 Å². The Bertz CT molecular complexity index is 503. The molecule has 0 radical (unpaired) electrons. The zero-order valence-electron chi connectivity index (χ0n) is 14.6. The van der Waals surface area contributed by atoms with Gasteiger partial charge in [0.05, 0.1) is 6.61 Å². The second kappa shape index (κ2) is 10.3. The van der Waals surface area contributed by atoms with Crippen LogP contribution < -0.4 is 0 Å². The third kappa shape index (κ3) is 6.88. The molecule has 0 atom stereocenters. The van der Waals surface area contributed by atoms with Crippen LogP contribution in [-0.4, -0.2) is 17.7 Å². The van der Waals surface area contributed by atoms with Crippen LogP contribution in [0.15, 0.2) is 42.5 Å². The molecule has 0 saturated heterocycles. The topological polar surface area (TPSA) is 46.5 Å². The maximum Gasteiger partial charge on any atom is 0.303 e. The summed E-state index contributed by atoms with van der Waals surface area (Å²) < 4.78 is 5.69. The van der Waals surface area contributed by atoms with E-state index in [0.717, 1.165) is 38.7 Å². The SMILES string of the molecule is O=C(O)CCC1(/C=C/CCCCCOCc2ccccc2)CCC1. The van der Waals surface area contributed by atoms with E-state index < -0.39 is 5.97 Å².